The molecule has 2 rings (SSSR count). The zero-order chi connectivity index (χ0) is 20.6. The molecule has 0 unspecified atom stereocenters. The molecule has 0 spiro atoms. The van der Waals surface area contributed by atoms with Gasteiger partial charge in [-0.3, -0.25) is 9.59 Å². The maximum Gasteiger partial charge on any atom is 0.228 e. The summed E-state index contributed by atoms with van der Waals surface area (Å²) in [4.78, 5) is 29.6. The van der Waals surface area contributed by atoms with Crippen LogP contribution in [-0.2, 0) is 14.0 Å². The van der Waals surface area contributed by atoms with Gasteiger partial charge in [-0.2, -0.15) is 0 Å². The first-order valence-electron chi connectivity index (χ1n) is 10.3. The molecule has 2 heterocycles. The fourth-order valence-corrected chi connectivity index (χ4v) is 5.21. The number of hydrogen-bond acceptors (Lipinski definition) is 4. The molecule has 0 aliphatic carbocycles. The Morgan fingerprint density at radius 1 is 1.19 bits per heavy atom. The van der Waals surface area contributed by atoms with Crippen molar-refractivity contribution in [3.8, 4) is 0 Å². The number of carbonyl (C=O) groups excluding carboxylic acids is 2. The van der Waals surface area contributed by atoms with Gasteiger partial charge < -0.3 is 19.5 Å². The molecule has 2 fully saturated rings. The second-order valence-electron chi connectivity index (χ2n) is 9.91. The van der Waals surface area contributed by atoms with Crippen LogP contribution in [-0.4, -0.2) is 75.3 Å². The summed E-state index contributed by atoms with van der Waals surface area (Å²) in [5.41, 5.74) is 0. The van der Waals surface area contributed by atoms with Crippen molar-refractivity contribution in [2.45, 2.75) is 71.3 Å². The molecule has 156 valence electrons. The van der Waals surface area contributed by atoms with E-state index in [9.17, 15) is 9.59 Å². The van der Waals surface area contributed by atoms with Gasteiger partial charge in [0.15, 0.2) is 8.32 Å². The SMILES string of the molecule is C[C@@H](O[Si](C)(C)C(C)(C)C)[C@H]1C(=O)N[C@@H]1[C@@H](C)C(=O)N1CCCN(C)CC1. The molecule has 2 aliphatic heterocycles. The average molecular weight is 398 g/mol. The summed E-state index contributed by atoms with van der Waals surface area (Å²) >= 11 is 0. The molecule has 27 heavy (non-hydrogen) atoms. The second kappa shape index (κ2) is 8.21. The number of amides is 2. The normalized spacial score (nSPS) is 27.4. The molecule has 2 saturated heterocycles. The number of nitrogens with one attached hydrogen (secondary N) is 1. The van der Waals surface area contributed by atoms with E-state index < -0.39 is 8.32 Å². The van der Waals surface area contributed by atoms with Gasteiger partial charge in [-0.15, -0.1) is 0 Å². The van der Waals surface area contributed by atoms with E-state index in [2.05, 4.69) is 51.1 Å². The van der Waals surface area contributed by atoms with E-state index >= 15 is 0 Å². The molecule has 2 amide bonds. The van der Waals surface area contributed by atoms with Crippen LogP contribution < -0.4 is 5.32 Å². The highest BCUT2D eigenvalue weighted by molar-refractivity contribution is 6.74. The molecule has 4 atom stereocenters. The summed E-state index contributed by atoms with van der Waals surface area (Å²) in [5.74, 6) is -0.296. The van der Waals surface area contributed by atoms with Gasteiger partial charge in [0.25, 0.3) is 0 Å². The van der Waals surface area contributed by atoms with E-state index in [-0.39, 0.29) is 40.8 Å². The fraction of sp³-hybridized carbons (Fsp3) is 0.900. The van der Waals surface area contributed by atoms with Crippen LogP contribution in [0.3, 0.4) is 0 Å². The highest BCUT2D eigenvalue weighted by Crippen LogP contribution is 2.39. The van der Waals surface area contributed by atoms with E-state index in [1.54, 1.807) is 0 Å². The fourth-order valence-electron chi connectivity index (χ4n) is 3.78. The summed E-state index contributed by atoms with van der Waals surface area (Å²) in [5, 5.41) is 3.07. The molecule has 2 aliphatic rings. The zero-order valence-corrected chi connectivity index (χ0v) is 19.5. The van der Waals surface area contributed by atoms with Crippen molar-refractivity contribution in [1.82, 2.24) is 15.1 Å². The highest BCUT2D eigenvalue weighted by Gasteiger charge is 2.50. The number of nitrogens with zero attached hydrogens (tertiary/aromatic N) is 2. The number of β-lactam (4-membered cyclic amide) rings is 1. The monoisotopic (exact) mass is 397 g/mol. The van der Waals surface area contributed by atoms with Gasteiger partial charge in [-0.05, 0) is 45.1 Å². The van der Waals surface area contributed by atoms with Crippen LogP contribution in [0.1, 0.15) is 41.0 Å². The maximum atomic E-state index is 13.0. The molecule has 6 nitrogen and oxygen atoms in total. The molecule has 1 N–H and O–H groups in total. The topological polar surface area (TPSA) is 61.9 Å². The Morgan fingerprint density at radius 2 is 1.81 bits per heavy atom. The standard InChI is InChI=1S/C20H39N3O3Si/c1-14(19(25)23-11-9-10-22(6)12-13-23)17-16(18(24)21-17)15(2)26-27(7,8)20(3,4)5/h14-17H,9-13H2,1-8H3,(H,21,24)/t14-,15-,16-,17-/m1/s1. The number of carbonyl (C=O) groups is 2. The first-order chi connectivity index (χ1) is 12.3. The predicted octanol–water partition coefficient (Wildman–Crippen LogP) is 2.31. The Hall–Kier alpha value is -0.923. The van der Waals surface area contributed by atoms with Crippen LogP contribution in [0, 0.1) is 11.8 Å². The van der Waals surface area contributed by atoms with Crippen LogP contribution in [0.2, 0.25) is 18.1 Å². The zero-order valence-electron chi connectivity index (χ0n) is 18.5. The van der Waals surface area contributed by atoms with E-state index in [0.717, 1.165) is 32.6 Å². The summed E-state index contributed by atoms with van der Waals surface area (Å²) in [6.07, 6.45) is 0.829. The van der Waals surface area contributed by atoms with Gasteiger partial charge in [0, 0.05) is 19.6 Å². The lowest BCUT2D eigenvalue weighted by Gasteiger charge is -2.47. The van der Waals surface area contributed by atoms with Gasteiger partial charge in [0.2, 0.25) is 11.8 Å². The van der Waals surface area contributed by atoms with Gasteiger partial charge in [0.05, 0.1) is 24.0 Å². The molecule has 0 aromatic heterocycles. The average Bonchev–Trinajstić information content (AvgIpc) is 2.74. The smallest absolute Gasteiger partial charge is 0.228 e. The van der Waals surface area contributed by atoms with Gasteiger partial charge in [-0.1, -0.05) is 27.7 Å². The van der Waals surface area contributed by atoms with Crippen molar-refractivity contribution >= 4 is 20.1 Å². The van der Waals surface area contributed by atoms with Crippen molar-refractivity contribution in [3.63, 3.8) is 0 Å². The Morgan fingerprint density at radius 3 is 2.37 bits per heavy atom. The third-order valence-corrected chi connectivity index (χ3v) is 11.3. The summed E-state index contributed by atoms with van der Waals surface area (Å²) in [6, 6.07) is -0.134. The van der Waals surface area contributed by atoms with Gasteiger partial charge in [-0.25, -0.2) is 0 Å². The lowest BCUT2D eigenvalue weighted by atomic mass is 9.78. The van der Waals surface area contributed by atoms with Crippen molar-refractivity contribution in [2.24, 2.45) is 11.8 Å². The summed E-state index contributed by atoms with van der Waals surface area (Å²) < 4.78 is 6.46. The first kappa shape index (κ1) is 22.4. The minimum absolute atomic E-state index is 0.0152. The molecule has 0 aromatic carbocycles. The quantitative estimate of drug-likeness (QED) is 0.571. The lowest BCUT2D eigenvalue weighted by molar-refractivity contribution is -0.148. The number of hydrogen-bond donors (Lipinski definition) is 1. The Kier molecular flexibility index (Phi) is 6.80. The van der Waals surface area contributed by atoms with Crippen molar-refractivity contribution < 1.29 is 14.0 Å². The number of likely N-dealkylation sites (N-methyl/N-ethyl adjacent to an activating group) is 1. The minimum atomic E-state index is -1.96. The molecule has 0 saturated carbocycles. The van der Waals surface area contributed by atoms with Crippen LogP contribution >= 0.6 is 0 Å². The Balaban J connectivity index is 2.03. The van der Waals surface area contributed by atoms with Crippen LogP contribution in [0.5, 0.6) is 0 Å². The first-order valence-corrected chi connectivity index (χ1v) is 13.2. The molecular weight excluding hydrogens is 358 g/mol. The van der Waals surface area contributed by atoms with Crippen LogP contribution in [0.4, 0.5) is 0 Å². The molecule has 0 aromatic rings. The molecule has 0 bridgehead atoms. The molecule has 0 radical (unpaired) electrons. The Labute approximate surface area is 166 Å². The second-order valence-corrected chi connectivity index (χ2v) is 14.7. The maximum absolute atomic E-state index is 13.0. The number of rotatable bonds is 5. The third kappa shape index (κ3) is 4.92. The lowest BCUT2D eigenvalue weighted by Crippen LogP contribution is -2.67. The predicted molar refractivity (Wildman–Crippen MR) is 111 cm³/mol. The summed E-state index contributed by atoms with van der Waals surface area (Å²) in [6.45, 7) is 18.5. The van der Waals surface area contributed by atoms with Crippen molar-refractivity contribution in [2.75, 3.05) is 33.2 Å². The minimum Gasteiger partial charge on any atom is -0.413 e. The van der Waals surface area contributed by atoms with E-state index in [1.807, 2.05) is 18.7 Å². The largest absolute Gasteiger partial charge is 0.413 e. The van der Waals surface area contributed by atoms with Gasteiger partial charge >= 0.3 is 0 Å². The van der Waals surface area contributed by atoms with E-state index in [1.165, 1.54) is 0 Å². The van der Waals surface area contributed by atoms with Crippen LogP contribution in [0.15, 0.2) is 0 Å². The van der Waals surface area contributed by atoms with Crippen LogP contribution in [0.25, 0.3) is 0 Å². The third-order valence-electron chi connectivity index (χ3n) is 6.75. The van der Waals surface area contributed by atoms with E-state index in [4.69, 9.17) is 4.43 Å². The summed E-state index contributed by atoms with van der Waals surface area (Å²) in [7, 11) is 0.135. The molecular formula is C20H39N3O3Si. The van der Waals surface area contributed by atoms with Crippen molar-refractivity contribution in [3.05, 3.63) is 0 Å². The highest BCUT2D eigenvalue weighted by atomic mass is 28.4. The van der Waals surface area contributed by atoms with Crippen molar-refractivity contribution in [1.29, 1.82) is 0 Å². The van der Waals surface area contributed by atoms with Gasteiger partial charge in [0.1, 0.15) is 0 Å². The molecule has 7 heteroatoms. The van der Waals surface area contributed by atoms with E-state index in [0.29, 0.717) is 0 Å². The Bertz CT molecular complexity index is 561.